The molecule has 1 heterocycles. The number of aromatic nitrogens is 2. The van der Waals surface area contributed by atoms with E-state index >= 15 is 0 Å². The summed E-state index contributed by atoms with van der Waals surface area (Å²) >= 11 is 0. The SMILES string of the molecule is CCc1cc(-c2ccc3nc[nH]c3c2)ccc1OCCC(C)CC. The Morgan fingerprint density at radius 2 is 1.88 bits per heavy atom. The van der Waals surface area contributed by atoms with Gasteiger partial charge in [0.15, 0.2) is 0 Å². The number of nitrogens with one attached hydrogen (secondary N) is 1. The number of benzene rings is 2. The van der Waals surface area contributed by atoms with Crippen molar-refractivity contribution in [1.82, 2.24) is 9.97 Å². The molecule has 3 heteroatoms. The number of ether oxygens (including phenoxy) is 1. The van der Waals surface area contributed by atoms with Crippen molar-refractivity contribution < 1.29 is 4.74 Å². The van der Waals surface area contributed by atoms with Crippen LogP contribution < -0.4 is 4.74 Å². The first-order valence-electron chi connectivity index (χ1n) is 8.90. The van der Waals surface area contributed by atoms with Crippen molar-refractivity contribution in [3.8, 4) is 16.9 Å². The van der Waals surface area contributed by atoms with Gasteiger partial charge in [-0.1, -0.05) is 39.3 Å². The van der Waals surface area contributed by atoms with Gasteiger partial charge in [0.2, 0.25) is 0 Å². The molecule has 3 rings (SSSR count). The second-order valence-electron chi connectivity index (χ2n) is 6.46. The molecule has 1 atom stereocenters. The summed E-state index contributed by atoms with van der Waals surface area (Å²) < 4.78 is 6.03. The number of nitrogens with zero attached hydrogens (tertiary/aromatic N) is 1. The van der Waals surface area contributed by atoms with Crippen LogP contribution in [0.1, 0.15) is 39.2 Å². The number of imidazole rings is 1. The Labute approximate surface area is 144 Å². The highest BCUT2D eigenvalue weighted by molar-refractivity contribution is 5.81. The molecule has 3 aromatic rings. The van der Waals surface area contributed by atoms with Gasteiger partial charge in [0.05, 0.1) is 24.0 Å². The summed E-state index contributed by atoms with van der Waals surface area (Å²) in [5.41, 5.74) is 5.76. The zero-order chi connectivity index (χ0) is 16.9. The van der Waals surface area contributed by atoms with Gasteiger partial charge in [0, 0.05) is 0 Å². The van der Waals surface area contributed by atoms with Crippen LogP contribution in [0.15, 0.2) is 42.7 Å². The fourth-order valence-corrected chi connectivity index (χ4v) is 2.87. The molecule has 0 fully saturated rings. The molecule has 0 saturated carbocycles. The summed E-state index contributed by atoms with van der Waals surface area (Å²) in [5.74, 6) is 1.74. The average Bonchev–Trinajstić information content (AvgIpc) is 3.09. The number of rotatable bonds is 7. The fourth-order valence-electron chi connectivity index (χ4n) is 2.87. The zero-order valence-electron chi connectivity index (χ0n) is 14.8. The monoisotopic (exact) mass is 322 g/mol. The van der Waals surface area contributed by atoms with Crippen molar-refractivity contribution in [2.24, 2.45) is 5.92 Å². The van der Waals surface area contributed by atoms with Crippen molar-refractivity contribution in [3.63, 3.8) is 0 Å². The van der Waals surface area contributed by atoms with Crippen molar-refractivity contribution in [3.05, 3.63) is 48.3 Å². The highest BCUT2D eigenvalue weighted by Crippen LogP contribution is 2.29. The van der Waals surface area contributed by atoms with Gasteiger partial charge in [-0.2, -0.15) is 0 Å². The van der Waals surface area contributed by atoms with Gasteiger partial charge in [0.25, 0.3) is 0 Å². The third kappa shape index (κ3) is 3.61. The topological polar surface area (TPSA) is 37.9 Å². The Kier molecular flexibility index (Phi) is 5.19. The largest absolute Gasteiger partial charge is 0.493 e. The molecule has 0 aliphatic carbocycles. The number of aromatic amines is 1. The maximum Gasteiger partial charge on any atom is 0.122 e. The number of aryl methyl sites for hydroxylation is 1. The fraction of sp³-hybridized carbons (Fsp3) is 0.381. The van der Waals surface area contributed by atoms with E-state index in [1.807, 2.05) is 0 Å². The van der Waals surface area contributed by atoms with Gasteiger partial charge >= 0.3 is 0 Å². The van der Waals surface area contributed by atoms with Crippen molar-refractivity contribution in [2.75, 3.05) is 6.61 Å². The van der Waals surface area contributed by atoms with E-state index in [1.54, 1.807) is 6.33 Å². The van der Waals surface area contributed by atoms with Gasteiger partial charge in [0.1, 0.15) is 5.75 Å². The smallest absolute Gasteiger partial charge is 0.122 e. The molecule has 126 valence electrons. The van der Waals surface area contributed by atoms with Crippen molar-refractivity contribution in [2.45, 2.75) is 40.0 Å². The molecule has 0 spiro atoms. The maximum atomic E-state index is 6.03. The third-order valence-corrected chi connectivity index (χ3v) is 4.76. The highest BCUT2D eigenvalue weighted by Gasteiger charge is 2.08. The first-order chi connectivity index (χ1) is 11.7. The summed E-state index contributed by atoms with van der Waals surface area (Å²) in [6.07, 6.45) is 5.02. The summed E-state index contributed by atoms with van der Waals surface area (Å²) in [7, 11) is 0. The highest BCUT2D eigenvalue weighted by atomic mass is 16.5. The number of hydrogen-bond donors (Lipinski definition) is 1. The molecule has 2 aromatic carbocycles. The van der Waals surface area contributed by atoms with Gasteiger partial charge in [-0.15, -0.1) is 0 Å². The number of fused-ring (bicyclic) bond motifs is 1. The minimum absolute atomic E-state index is 0.718. The first-order valence-corrected chi connectivity index (χ1v) is 8.90. The van der Waals surface area contributed by atoms with Crippen molar-refractivity contribution in [1.29, 1.82) is 0 Å². The molecule has 0 saturated heterocycles. The van der Waals surface area contributed by atoms with Crippen LogP contribution in [0.3, 0.4) is 0 Å². The molecule has 0 radical (unpaired) electrons. The van der Waals surface area contributed by atoms with E-state index < -0.39 is 0 Å². The molecule has 0 amide bonds. The maximum absolute atomic E-state index is 6.03. The second-order valence-corrected chi connectivity index (χ2v) is 6.46. The van der Waals surface area contributed by atoms with Crippen LogP contribution in [0.25, 0.3) is 22.2 Å². The second kappa shape index (κ2) is 7.52. The minimum Gasteiger partial charge on any atom is -0.493 e. The zero-order valence-corrected chi connectivity index (χ0v) is 14.8. The Morgan fingerprint density at radius 3 is 2.67 bits per heavy atom. The predicted molar refractivity (Wildman–Crippen MR) is 100 cm³/mol. The quantitative estimate of drug-likeness (QED) is 0.614. The molecule has 0 aliphatic heterocycles. The van der Waals surface area contributed by atoms with Crippen LogP contribution in [-0.2, 0) is 6.42 Å². The average molecular weight is 322 g/mol. The van der Waals surface area contributed by atoms with E-state index in [9.17, 15) is 0 Å². The van der Waals surface area contributed by atoms with Gasteiger partial charge < -0.3 is 9.72 Å². The molecular formula is C21H26N2O. The van der Waals surface area contributed by atoms with E-state index in [2.05, 4.69) is 67.1 Å². The lowest BCUT2D eigenvalue weighted by Gasteiger charge is -2.14. The standard InChI is InChI=1S/C21H26N2O/c1-4-15(3)10-11-24-21-9-7-17(12-16(21)5-2)18-6-8-19-20(13-18)23-14-22-19/h6-9,12-15H,4-5,10-11H2,1-3H3,(H,22,23). The molecule has 3 nitrogen and oxygen atoms in total. The third-order valence-electron chi connectivity index (χ3n) is 4.76. The summed E-state index contributed by atoms with van der Waals surface area (Å²) in [6.45, 7) is 7.48. The predicted octanol–water partition coefficient (Wildman–Crippen LogP) is 5.61. The number of H-pyrrole nitrogens is 1. The number of hydrogen-bond acceptors (Lipinski definition) is 2. The van der Waals surface area contributed by atoms with E-state index in [-0.39, 0.29) is 0 Å². The van der Waals surface area contributed by atoms with Gasteiger partial charge in [-0.05, 0) is 59.7 Å². The molecule has 1 N–H and O–H groups in total. The van der Waals surface area contributed by atoms with E-state index in [1.165, 1.54) is 23.1 Å². The molecule has 0 aliphatic rings. The van der Waals surface area contributed by atoms with E-state index in [0.717, 1.165) is 42.1 Å². The van der Waals surface area contributed by atoms with Crippen molar-refractivity contribution >= 4 is 11.0 Å². The molecular weight excluding hydrogens is 296 g/mol. The van der Waals surface area contributed by atoms with Crippen LogP contribution in [-0.4, -0.2) is 16.6 Å². The lowest BCUT2D eigenvalue weighted by Crippen LogP contribution is -2.04. The Hall–Kier alpha value is -2.29. The normalized spacial score (nSPS) is 12.5. The van der Waals surface area contributed by atoms with Crippen LogP contribution in [0, 0.1) is 5.92 Å². The lowest BCUT2D eigenvalue weighted by molar-refractivity contribution is 0.279. The Balaban J connectivity index is 1.80. The minimum atomic E-state index is 0.718. The summed E-state index contributed by atoms with van der Waals surface area (Å²) in [6, 6.07) is 12.8. The van der Waals surface area contributed by atoms with E-state index in [0.29, 0.717) is 0 Å². The van der Waals surface area contributed by atoms with Gasteiger partial charge in [-0.25, -0.2) is 4.98 Å². The molecule has 1 unspecified atom stereocenters. The Bertz CT molecular complexity index is 806. The van der Waals surface area contributed by atoms with Crippen LogP contribution >= 0.6 is 0 Å². The first kappa shape index (κ1) is 16.6. The summed E-state index contributed by atoms with van der Waals surface area (Å²) in [5, 5.41) is 0. The molecule has 24 heavy (non-hydrogen) atoms. The van der Waals surface area contributed by atoms with Gasteiger partial charge in [-0.3, -0.25) is 0 Å². The molecule has 0 bridgehead atoms. The van der Waals surface area contributed by atoms with E-state index in [4.69, 9.17) is 4.74 Å². The Morgan fingerprint density at radius 1 is 1.08 bits per heavy atom. The lowest BCUT2D eigenvalue weighted by atomic mass is 10.0. The van der Waals surface area contributed by atoms with Crippen LogP contribution in [0.5, 0.6) is 5.75 Å². The van der Waals surface area contributed by atoms with Crippen LogP contribution in [0.2, 0.25) is 0 Å². The summed E-state index contributed by atoms with van der Waals surface area (Å²) in [4.78, 5) is 7.46. The van der Waals surface area contributed by atoms with Crippen LogP contribution in [0.4, 0.5) is 0 Å². The molecule has 1 aromatic heterocycles.